The predicted octanol–water partition coefficient (Wildman–Crippen LogP) is 1.45. The molecule has 0 fully saturated rings. The lowest BCUT2D eigenvalue weighted by atomic mass is 10.1. The molecule has 0 spiro atoms. The Hall–Kier alpha value is -1.07. The van der Waals surface area contributed by atoms with Gasteiger partial charge in [0.2, 0.25) is 0 Å². The molecule has 0 bridgehead atoms. The number of benzene rings is 1. The van der Waals surface area contributed by atoms with Crippen LogP contribution in [0, 0.1) is 5.92 Å². The molecule has 96 valence electrons. The van der Waals surface area contributed by atoms with Crippen molar-refractivity contribution in [2.24, 2.45) is 11.7 Å². The molecule has 0 saturated carbocycles. The molecule has 5 heteroatoms. The van der Waals surface area contributed by atoms with Crippen molar-refractivity contribution >= 4 is 9.84 Å². The van der Waals surface area contributed by atoms with Gasteiger partial charge in [0.05, 0.1) is 4.90 Å². The maximum atomic E-state index is 11.3. The van der Waals surface area contributed by atoms with Crippen molar-refractivity contribution in [3.63, 3.8) is 0 Å². The maximum Gasteiger partial charge on any atom is 0.175 e. The van der Waals surface area contributed by atoms with Gasteiger partial charge in [-0.05, 0) is 30.2 Å². The van der Waals surface area contributed by atoms with E-state index in [2.05, 4.69) is 0 Å². The Morgan fingerprint density at radius 3 is 2.12 bits per heavy atom. The van der Waals surface area contributed by atoms with Crippen LogP contribution in [-0.4, -0.2) is 27.3 Å². The van der Waals surface area contributed by atoms with Crippen LogP contribution in [0.1, 0.15) is 13.8 Å². The van der Waals surface area contributed by atoms with Gasteiger partial charge in [0, 0.05) is 12.8 Å². The zero-order valence-corrected chi connectivity index (χ0v) is 11.2. The first-order valence-electron chi connectivity index (χ1n) is 5.51. The summed E-state index contributed by atoms with van der Waals surface area (Å²) in [5, 5.41) is 0. The Bertz CT molecular complexity index is 451. The smallest absolute Gasteiger partial charge is 0.175 e. The monoisotopic (exact) mass is 257 g/mol. The lowest BCUT2D eigenvalue weighted by molar-refractivity contribution is 0.159. The van der Waals surface area contributed by atoms with Crippen LogP contribution in [-0.2, 0) is 9.84 Å². The van der Waals surface area contributed by atoms with Crippen molar-refractivity contribution < 1.29 is 13.2 Å². The molecule has 1 rings (SSSR count). The summed E-state index contributed by atoms with van der Waals surface area (Å²) in [6.45, 7) is 4.50. The predicted molar refractivity (Wildman–Crippen MR) is 67.9 cm³/mol. The van der Waals surface area contributed by atoms with Crippen molar-refractivity contribution in [2.75, 3.05) is 12.8 Å². The van der Waals surface area contributed by atoms with Crippen molar-refractivity contribution in [3.8, 4) is 5.75 Å². The molecule has 0 radical (unpaired) electrons. The second-order valence-electron chi connectivity index (χ2n) is 4.38. The van der Waals surface area contributed by atoms with Gasteiger partial charge in [-0.15, -0.1) is 0 Å². The van der Waals surface area contributed by atoms with Gasteiger partial charge in [-0.3, -0.25) is 0 Å². The SMILES string of the molecule is CC(C)C(CN)Oc1ccc(S(C)(=O)=O)cc1. The number of ether oxygens (including phenoxy) is 1. The van der Waals surface area contributed by atoms with Crippen LogP contribution in [0.3, 0.4) is 0 Å². The van der Waals surface area contributed by atoms with Gasteiger partial charge in [0.25, 0.3) is 0 Å². The van der Waals surface area contributed by atoms with E-state index >= 15 is 0 Å². The van der Waals surface area contributed by atoms with E-state index in [9.17, 15) is 8.42 Å². The van der Waals surface area contributed by atoms with Gasteiger partial charge in [-0.2, -0.15) is 0 Å². The number of hydrogen-bond donors (Lipinski definition) is 1. The average molecular weight is 257 g/mol. The van der Waals surface area contributed by atoms with Crippen LogP contribution in [0.25, 0.3) is 0 Å². The normalized spacial score (nSPS) is 13.7. The Balaban J connectivity index is 2.82. The van der Waals surface area contributed by atoms with Gasteiger partial charge in [-0.1, -0.05) is 13.8 Å². The first-order chi connectivity index (χ1) is 7.84. The molecule has 0 aliphatic rings. The van der Waals surface area contributed by atoms with Gasteiger partial charge >= 0.3 is 0 Å². The van der Waals surface area contributed by atoms with Crippen LogP contribution in [0.4, 0.5) is 0 Å². The summed E-state index contributed by atoms with van der Waals surface area (Å²) in [5.74, 6) is 0.955. The molecule has 1 aromatic carbocycles. The molecular formula is C12H19NO3S. The fourth-order valence-corrected chi connectivity index (χ4v) is 2.03. The largest absolute Gasteiger partial charge is 0.489 e. The van der Waals surface area contributed by atoms with Crippen LogP contribution < -0.4 is 10.5 Å². The summed E-state index contributed by atoms with van der Waals surface area (Å²) in [6.07, 6.45) is 1.12. The first-order valence-corrected chi connectivity index (χ1v) is 7.40. The van der Waals surface area contributed by atoms with Gasteiger partial charge < -0.3 is 10.5 Å². The summed E-state index contributed by atoms with van der Waals surface area (Å²) in [6, 6.07) is 6.39. The summed E-state index contributed by atoms with van der Waals surface area (Å²) < 4.78 is 28.2. The molecule has 0 aliphatic heterocycles. The lowest BCUT2D eigenvalue weighted by Gasteiger charge is -2.20. The fraction of sp³-hybridized carbons (Fsp3) is 0.500. The van der Waals surface area contributed by atoms with E-state index in [1.165, 1.54) is 6.26 Å². The molecule has 1 unspecified atom stereocenters. The highest BCUT2D eigenvalue weighted by Crippen LogP contribution is 2.18. The van der Waals surface area contributed by atoms with E-state index in [0.29, 0.717) is 23.1 Å². The Labute approximate surface area is 103 Å². The molecule has 0 amide bonds. The molecule has 2 N–H and O–H groups in total. The zero-order valence-electron chi connectivity index (χ0n) is 10.4. The lowest BCUT2D eigenvalue weighted by Crippen LogP contribution is -2.31. The molecule has 0 saturated heterocycles. The van der Waals surface area contributed by atoms with E-state index in [1.807, 2.05) is 13.8 Å². The molecule has 1 atom stereocenters. The third-order valence-corrected chi connectivity index (χ3v) is 3.64. The van der Waals surface area contributed by atoms with E-state index in [1.54, 1.807) is 24.3 Å². The highest BCUT2D eigenvalue weighted by atomic mass is 32.2. The summed E-state index contributed by atoms with van der Waals surface area (Å²) in [5.41, 5.74) is 5.60. The highest BCUT2D eigenvalue weighted by Gasteiger charge is 2.13. The number of sulfone groups is 1. The minimum absolute atomic E-state index is 0.0564. The van der Waals surface area contributed by atoms with Crippen molar-refractivity contribution in [1.82, 2.24) is 0 Å². The number of rotatable bonds is 5. The first kappa shape index (κ1) is 14.0. The van der Waals surface area contributed by atoms with E-state index in [0.717, 1.165) is 0 Å². The maximum absolute atomic E-state index is 11.3. The molecule has 0 aliphatic carbocycles. The minimum Gasteiger partial charge on any atom is -0.489 e. The molecule has 0 heterocycles. The molecule has 0 aromatic heterocycles. The average Bonchev–Trinajstić information content (AvgIpc) is 2.25. The van der Waals surface area contributed by atoms with Crippen molar-refractivity contribution in [2.45, 2.75) is 24.8 Å². The van der Waals surface area contributed by atoms with Crippen LogP contribution >= 0.6 is 0 Å². The van der Waals surface area contributed by atoms with Crippen LogP contribution in [0.5, 0.6) is 5.75 Å². The molecular weight excluding hydrogens is 238 g/mol. The Kier molecular flexibility index (Phi) is 4.54. The van der Waals surface area contributed by atoms with Gasteiger partial charge in [0.1, 0.15) is 11.9 Å². The summed E-state index contributed by atoms with van der Waals surface area (Å²) >= 11 is 0. The molecule has 17 heavy (non-hydrogen) atoms. The minimum atomic E-state index is -3.15. The second kappa shape index (κ2) is 5.51. The highest BCUT2D eigenvalue weighted by molar-refractivity contribution is 7.90. The Morgan fingerprint density at radius 1 is 1.24 bits per heavy atom. The van der Waals surface area contributed by atoms with E-state index in [-0.39, 0.29) is 6.10 Å². The zero-order chi connectivity index (χ0) is 13.1. The number of hydrogen-bond acceptors (Lipinski definition) is 4. The standard InChI is InChI=1S/C12H19NO3S/c1-9(2)12(8-13)16-10-4-6-11(7-5-10)17(3,14)15/h4-7,9,12H,8,13H2,1-3H3. The summed E-state index contributed by atoms with van der Waals surface area (Å²) in [7, 11) is -3.15. The third kappa shape index (κ3) is 4.02. The van der Waals surface area contributed by atoms with Crippen molar-refractivity contribution in [3.05, 3.63) is 24.3 Å². The van der Waals surface area contributed by atoms with Gasteiger partial charge in [-0.25, -0.2) is 8.42 Å². The summed E-state index contributed by atoms with van der Waals surface area (Å²) in [4.78, 5) is 0.290. The topological polar surface area (TPSA) is 69.4 Å². The van der Waals surface area contributed by atoms with E-state index < -0.39 is 9.84 Å². The molecule has 4 nitrogen and oxygen atoms in total. The molecule has 1 aromatic rings. The third-order valence-electron chi connectivity index (χ3n) is 2.52. The quantitative estimate of drug-likeness (QED) is 0.867. The van der Waals surface area contributed by atoms with Crippen LogP contribution in [0.2, 0.25) is 0 Å². The van der Waals surface area contributed by atoms with Crippen molar-refractivity contribution in [1.29, 1.82) is 0 Å². The fourth-order valence-electron chi connectivity index (χ4n) is 1.40. The van der Waals surface area contributed by atoms with E-state index in [4.69, 9.17) is 10.5 Å². The van der Waals surface area contributed by atoms with Gasteiger partial charge in [0.15, 0.2) is 9.84 Å². The van der Waals surface area contributed by atoms with Crippen LogP contribution in [0.15, 0.2) is 29.2 Å². The number of nitrogens with two attached hydrogens (primary N) is 1. The Morgan fingerprint density at radius 2 is 1.76 bits per heavy atom. The second-order valence-corrected chi connectivity index (χ2v) is 6.40.